The lowest BCUT2D eigenvalue weighted by Crippen LogP contribution is -1.97. The first-order valence-corrected chi connectivity index (χ1v) is 8.18. The third-order valence-corrected chi connectivity index (χ3v) is 4.03. The molecule has 0 saturated carbocycles. The van der Waals surface area contributed by atoms with E-state index in [-0.39, 0.29) is 12.4 Å². The van der Waals surface area contributed by atoms with Crippen LogP contribution in [0.25, 0.3) is 0 Å². The zero-order valence-electron chi connectivity index (χ0n) is 12.9. The maximum Gasteiger partial charge on any atom is 0.277 e. The van der Waals surface area contributed by atoms with E-state index < -0.39 is 0 Å². The van der Waals surface area contributed by atoms with Gasteiger partial charge in [-0.1, -0.05) is 36.0 Å². The molecule has 0 unspecified atom stereocenters. The number of benzene rings is 2. The van der Waals surface area contributed by atoms with Gasteiger partial charge < -0.3 is 13.9 Å². The van der Waals surface area contributed by atoms with Crippen LogP contribution in [0.4, 0.5) is 4.39 Å². The predicted octanol–water partition coefficient (Wildman–Crippen LogP) is 4.09. The van der Waals surface area contributed by atoms with Gasteiger partial charge in [0.1, 0.15) is 5.82 Å². The Balaban J connectivity index is 1.54. The lowest BCUT2D eigenvalue weighted by Gasteiger charge is -2.07. The molecular formula is C17H15FN2O3S. The van der Waals surface area contributed by atoms with Crippen molar-refractivity contribution in [3.8, 4) is 11.5 Å². The molecule has 0 aliphatic rings. The van der Waals surface area contributed by atoms with Crippen LogP contribution in [0.3, 0.4) is 0 Å². The van der Waals surface area contributed by atoms with Crippen LogP contribution in [0.5, 0.6) is 11.5 Å². The van der Waals surface area contributed by atoms with E-state index in [1.807, 2.05) is 18.2 Å². The zero-order chi connectivity index (χ0) is 16.8. The Morgan fingerprint density at radius 1 is 1.04 bits per heavy atom. The van der Waals surface area contributed by atoms with E-state index >= 15 is 0 Å². The molecule has 0 atom stereocenters. The molecular weight excluding hydrogens is 331 g/mol. The van der Waals surface area contributed by atoms with Crippen molar-refractivity contribution in [1.29, 1.82) is 0 Å². The van der Waals surface area contributed by atoms with Crippen LogP contribution in [0, 0.1) is 5.82 Å². The molecule has 124 valence electrons. The minimum atomic E-state index is -0.252. The maximum absolute atomic E-state index is 12.9. The fraction of sp³-hybridized carbons (Fsp3) is 0.176. The van der Waals surface area contributed by atoms with Crippen molar-refractivity contribution in [2.24, 2.45) is 0 Å². The van der Waals surface area contributed by atoms with Crippen LogP contribution in [0.15, 0.2) is 58.2 Å². The topological polar surface area (TPSA) is 57.4 Å². The molecule has 0 fully saturated rings. The van der Waals surface area contributed by atoms with Crippen molar-refractivity contribution in [3.05, 3.63) is 65.8 Å². The van der Waals surface area contributed by atoms with E-state index in [0.717, 1.165) is 5.56 Å². The van der Waals surface area contributed by atoms with Crippen LogP contribution in [-0.4, -0.2) is 17.3 Å². The second-order valence-electron chi connectivity index (χ2n) is 4.82. The molecule has 3 aromatic rings. The van der Waals surface area contributed by atoms with Gasteiger partial charge >= 0.3 is 0 Å². The van der Waals surface area contributed by atoms with Gasteiger partial charge in [-0.15, -0.1) is 10.2 Å². The van der Waals surface area contributed by atoms with Crippen molar-refractivity contribution in [1.82, 2.24) is 10.2 Å². The minimum absolute atomic E-state index is 0.157. The third kappa shape index (κ3) is 4.26. The Labute approximate surface area is 142 Å². The number of aromatic nitrogens is 2. The summed E-state index contributed by atoms with van der Waals surface area (Å²) in [7, 11) is 1.58. The minimum Gasteiger partial charge on any atom is -0.493 e. The Kier molecular flexibility index (Phi) is 5.32. The summed E-state index contributed by atoms with van der Waals surface area (Å²) >= 11 is 1.39. The van der Waals surface area contributed by atoms with Gasteiger partial charge in [-0.25, -0.2) is 4.39 Å². The number of methoxy groups -OCH3 is 1. The summed E-state index contributed by atoms with van der Waals surface area (Å²) < 4.78 is 29.2. The van der Waals surface area contributed by atoms with Crippen LogP contribution >= 0.6 is 11.8 Å². The number of hydrogen-bond acceptors (Lipinski definition) is 6. The smallest absolute Gasteiger partial charge is 0.277 e. The SMILES string of the molecule is COc1ccccc1OCc1nnc(SCc2ccc(F)cc2)o1. The molecule has 0 spiro atoms. The largest absolute Gasteiger partial charge is 0.493 e. The number of rotatable bonds is 7. The summed E-state index contributed by atoms with van der Waals surface area (Å²) in [6.45, 7) is 0.157. The Morgan fingerprint density at radius 3 is 2.54 bits per heavy atom. The summed E-state index contributed by atoms with van der Waals surface area (Å²) in [5.41, 5.74) is 0.978. The molecule has 3 rings (SSSR count). The molecule has 0 aliphatic heterocycles. The van der Waals surface area contributed by atoms with E-state index in [1.54, 1.807) is 25.3 Å². The van der Waals surface area contributed by atoms with Crippen LogP contribution in [-0.2, 0) is 12.4 Å². The average Bonchev–Trinajstić information content (AvgIpc) is 3.07. The first-order chi connectivity index (χ1) is 11.7. The summed E-state index contributed by atoms with van der Waals surface area (Å²) in [6.07, 6.45) is 0. The van der Waals surface area contributed by atoms with Crippen LogP contribution in [0.2, 0.25) is 0 Å². The number of halogens is 1. The molecule has 5 nitrogen and oxygen atoms in total. The van der Waals surface area contributed by atoms with E-state index in [2.05, 4.69) is 10.2 Å². The van der Waals surface area contributed by atoms with Gasteiger partial charge in [0.25, 0.3) is 11.1 Å². The number of ether oxygens (including phenoxy) is 2. The number of nitrogens with zero attached hydrogens (tertiary/aromatic N) is 2. The quantitative estimate of drug-likeness (QED) is 0.601. The van der Waals surface area contributed by atoms with Crippen LogP contribution in [0.1, 0.15) is 11.5 Å². The highest BCUT2D eigenvalue weighted by Crippen LogP contribution is 2.27. The second-order valence-corrected chi connectivity index (χ2v) is 5.74. The standard InChI is InChI=1S/C17H15FN2O3S/c1-21-14-4-2-3-5-15(14)22-10-16-19-20-17(23-16)24-11-12-6-8-13(18)9-7-12/h2-9H,10-11H2,1H3. The van der Waals surface area contributed by atoms with Gasteiger partial charge in [-0.3, -0.25) is 0 Å². The van der Waals surface area contributed by atoms with Crippen molar-refractivity contribution in [2.45, 2.75) is 17.6 Å². The molecule has 0 aliphatic carbocycles. The van der Waals surface area contributed by atoms with Gasteiger partial charge in [0.15, 0.2) is 18.1 Å². The number of hydrogen-bond donors (Lipinski definition) is 0. The van der Waals surface area contributed by atoms with Crippen molar-refractivity contribution >= 4 is 11.8 Å². The van der Waals surface area contributed by atoms with E-state index in [9.17, 15) is 4.39 Å². The summed E-state index contributed by atoms with van der Waals surface area (Å²) in [6, 6.07) is 13.6. The first-order valence-electron chi connectivity index (χ1n) is 7.20. The molecule has 24 heavy (non-hydrogen) atoms. The first kappa shape index (κ1) is 16.3. The third-order valence-electron chi connectivity index (χ3n) is 3.14. The summed E-state index contributed by atoms with van der Waals surface area (Å²) in [5, 5.41) is 8.36. The van der Waals surface area contributed by atoms with Gasteiger partial charge in [0, 0.05) is 5.75 Å². The molecule has 1 heterocycles. The lowest BCUT2D eigenvalue weighted by atomic mass is 10.2. The van der Waals surface area contributed by atoms with Gasteiger partial charge in [-0.05, 0) is 29.8 Å². The zero-order valence-corrected chi connectivity index (χ0v) is 13.8. The fourth-order valence-corrected chi connectivity index (χ4v) is 2.69. The maximum atomic E-state index is 12.9. The monoisotopic (exact) mass is 346 g/mol. The molecule has 0 N–H and O–H groups in total. The van der Waals surface area contributed by atoms with E-state index in [4.69, 9.17) is 13.9 Å². The van der Waals surface area contributed by atoms with E-state index in [1.165, 1.54) is 23.9 Å². The van der Waals surface area contributed by atoms with Crippen molar-refractivity contribution < 1.29 is 18.3 Å². The normalized spacial score (nSPS) is 10.6. The molecule has 0 radical (unpaired) electrons. The Morgan fingerprint density at radius 2 is 1.79 bits per heavy atom. The predicted molar refractivity (Wildman–Crippen MR) is 87.6 cm³/mol. The van der Waals surface area contributed by atoms with E-state index in [0.29, 0.717) is 28.4 Å². The fourth-order valence-electron chi connectivity index (χ4n) is 1.96. The highest BCUT2D eigenvalue weighted by atomic mass is 32.2. The number of thioether (sulfide) groups is 1. The highest BCUT2D eigenvalue weighted by molar-refractivity contribution is 7.98. The Bertz CT molecular complexity index is 793. The highest BCUT2D eigenvalue weighted by Gasteiger charge is 2.09. The second kappa shape index (κ2) is 7.83. The van der Waals surface area contributed by atoms with Crippen molar-refractivity contribution in [3.63, 3.8) is 0 Å². The molecule has 7 heteroatoms. The lowest BCUT2D eigenvalue weighted by molar-refractivity contribution is 0.241. The van der Waals surface area contributed by atoms with Gasteiger partial charge in [-0.2, -0.15) is 0 Å². The number of para-hydroxylation sites is 2. The molecule has 0 bridgehead atoms. The summed E-state index contributed by atoms with van der Waals surface area (Å²) in [4.78, 5) is 0. The van der Waals surface area contributed by atoms with Crippen LogP contribution < -0.4 is 9.47 Å². The molecule has 0 amide bonds. The average molecular weight is 346 g/mol. The Hall–Kier alpha value is -2.54. The molecule has 2 aromatic carbocycles. The summed E-state index contributed by atoms with van der Waals surface area (Å²) in [5.74, 6) is 2.00. The molecule has 0 saturated heterocycles. The van der Waals surface area contributed by atoms with Crippen molar-refractivity contribution in [2.75, 3.05) is 7.11 Å². The molecule has 1 aromatic heterocycles. The van der Waals surface area contributed by atoms with Gasteiger partial charge in [0.2, 0.25) is 0 Å². The van der Waals surface area contributed by atoms with Gasteiger partial charge in [0.05, 0.1) is 7.11 Å².